The van der Waals surface area contributed by atoms with Crippen LogP contribution in [0.15, 0.2) is 18.2 Å². The Kier molecular flexibility index (Phi) is 4.21. The molecule has 1 unspecified atom stereocenters. The van der Waals surface area contributed by atoms with Crippen molar-refractivity contribution < 1.29 is 0 Å². The van der Waals surface area contributed by atoms with Crippen molar-refractivity contribution in [3.63, 3.8) is 0 Å². The number of aryl methyl sites for hydroxylation is 1. The number of benzene rings is 1. The van der Waals surface area contributed by atoms with Gasteiger partial charge in [-0.05, 0) is 51.3 Å². The molecule has 0 saturated carbocycles. The van der Waals surface area contributed by atoms with Gasteiger partial charge in [0.25, 0.3) is 0 Å². The van der Waals surface area contributed by atoms with Gasteiger partial charge in [0.1, 0.15) is 5.82 Å². The lowest BCUT2D eigenvalue weighted by molar-refractivity contribution is 0.447. The van der Waals surface area contributed by atoms with Crippen LogP contribution in [0.25, 0.3) is 11.4 Å². The minimum Gasteiger partial charge on any atom is -0.398 e. The van der Waals surface area contributed by atoms with E-state index in [1.54, 1.807) is 0 Å². The maximum absolute atomic E-state index is 6.19. The van der Waals surface area contributed by atoms with Gasteiger partial charge in [-0.3, -0.25) is 0 Å². The molecule has 0 bridgehead atoms. The fourth-order valence-electron chi connectivity index (χ4n) is 4.04. The van der Waals surface area contributed by atoms with Gasteiger partial charge in [-0.25, -0.2) is 9.97 Å². The van der Waals surface area contributed by atoms with E-state index in [9.17, 15) is 0 Å². The van der Waals surface area contributed by atoms with E-state index < -0.39 is 0 Å². The van der Waals surface area contributed by atoms with Gasteiger partial charge in [-0.1, -0.05) is 6.07 Å². The average Bonchev–Trinajstić information content (AvgIpc) is 3.09. The van der Waals surface area contributed by atoms with Gasteiger partial charge >= 0.3 is 0 Å². The zero-order valence-corrected chi connectivity index (χ0v) is 14.8. The second-order valence-electron chi connectivity index (χ2n) is 7.03. The molecule has 5 N–H and O–H groups in total. The Labute approximate surface area is 148 Å². The monoisotopic (exact) mass is 338 g/mol. The van der Waals surface area contributed by atoms with Gasteiger partial charge in [0.15, 0.2) is 5.82 Å². The summed E-state index contributed by atoms with van der Waals surface area (Å²) in [5.41, 5.74) is 16.9. The van der Waals surface area contributed by atoms with Crippen molar-refractivity contribution in [1.82, 2.24) is 15.3 Å². The lowest BCUT2D eigenvalue weighted by Crippen LogP contribution is -2.45. The lowest BCUT2D eigenvalue weighted by Gasteiger charge is -2.34. The first-order valence-corrected chi connectivity index (χ1v) is 9.13. The molecule has 1 aliphatic heterocycles. The number of aromatic nitrogens is 2. The van der Waals surface area contributed by atoms with Crippen LogP contribution in [0, 0.1) is 0 Å². The molecule has 2 aromatic rings. The highest BCUT2D eigenvalue weighted by molar-refractivity contribution is 5.83. The molecule has 132 valence electrons. The first-order valence-electron chi connectivity index (χ1n) is 9.13. The summed E-state index contributed by atoms with van der Waals surface area (Å²) in [7, 11) is 2.04. The number of anilines is 3. The average molecular weight is 338 g/mol. The second kappa shape index (κ2) is 6.52. The molecular weight excluding hydrogens is 312 g/mol. The van der Waals surface area contributed by atoms with E-state index >= 15 is 0 Å². The Bertz CT molecular complexity index is 767. The second-order valence-corrected chi connectivity index (χ2v) is 7.03. The fraction of sp³-hybridized carbons (Fsp3) is 0.474. The van der Waals surface area contributed by atoms with E-state index in [-0.39, 0.29) is 0 Å². The van der Waals surface area contributed by atoms with Gasteiger partial charge < -0.3 is 21.7 Å². The van der Waals surface area contributed by atoms with Gasteiger partial charge in [0, 0.05) is 41.8 Å². The molecular formula is C19H26N6. The molecule has 1 fully saturated rings. The summed E-state index contributed by atoms with van der Waals surface area (Å²) >= 11 is 0. The molecule has 1 aromatic carbocycles. The maximum atomic E-state index is 6.19. The van der Waals surface area contributed by atoms with Gasteiger partial charge in [-0.2, -0.15) is 0 Å². The van der Waals surface area contributed by atoms with Crippen molar-refractivity contribution in [2.75, 3.05) is 36.5 Å². The molecule has 6 nitrogen and oxygen atoms in total. The quantitative estimate of drug-likeness (QED) is 0.741. The normalized spacial score (nSPS) is 19.9. The number of piperidine rings is 1. The number of fused-ring (bicyclic) bond motifs is 1. The molecule has 1 aromatic heterocycles. The van der Waals surface area contributed by atoms with Crippen LogP contribution in [0.4, 0.5) is 17.2 Å². The van der Waals surface area contributed by atoms with Crippen LogP contribution in [0.5, 0.6) is 0 Å². The summed E-state index contributed by atoms with van der Waals surface area (Å²) in [6.07, 6.45) is 5.60. The summed E-state index contributed by atoms with van der Waals surface area (Å²) < 4.78 is 0. The van der Waals surface area contributed by atoms with Crippen LogP contribution in [0.1, 0.15) is 30.5 Å². The summed E-state index contributed by atoms with van der Waals surface area (Å²) in [5.74, 6) is 1.75. The van der Waals surface area contributed by atoms with E-state index in [2.05, 4.69) is 10.2 Å². The van der Waals surface area contributed by atoms with Crippen LogP contribution in [0.2, 0.25) is 0 Å². The highest BCUT2D eigenvalue weighted by Crippen LogP contribution is 2.36. The number of nitrogens with zero attached hydrogens (tertiary/aromatic N) is 3. The molecule has 2 heterocycles. The van der Waals surface area contributed by atoms with Crippen molar-refractivity contribution in [3.05, 3.63) is 29.5 Å². The maximum Gasteiger partial charge on any atom is 0.165 e. The highest BCUT2D eigenvalue weighted by atomic mass is 15.2. The molecule has 25 heavy (non-hydrogen) atoms. The van der Waals surface area contributed by atoms with Gasteiger partial charge in [0.2, 0.25) is 0 Å². The molecule has 6 heteroatoms. The Hall–Kier alpha value is -2.34. The third-order valence-electron chi connectivity index (χ3n) is 5.39. The predicted octanol–water partition coefficient (Wildman–Crippen LogP) is 1.98. The molecule has 0 amide bonds. The number of nitrogens with two attached hydrogens (primary N) is 2. The Balaban J connectivity index is 1.81. The van der Waals surface area contributed by atoms with Crippen LogP contribution in [0.3, 0.4) is 0 Å². The summed E-state index contributed by atoms with van der Waals surface area (Å²) in [4.78, 5) is 12.2. The summed E-state index contributed by atoms with van der Waals surface area (Å²) in [6.45, 7) is 2.03. The number of likely N-dealkylation sites (N-methyl/N-ethyl adjacent to an activating group) is 1. The zero-order chi connectivity index (χ0) is 17.4. The first-order chi connectivity index (χ1) is 12.2. The standard InChI is InChI=1S/C19H26N6/c1-22-12-5-4-10-25(11-12)19-13-6-2-9-16(13)23-18(24-19)17-14(20)7-3-8-15(17)21/h3,7-8,12,22H,2,4-6,9-11,20-21H2,1H3. The van der Waals surface area contributed by atoms with E-state index in [1.165, 1.54) is 18.4 Å². The minimum atomic E-state index is 0.510. The molecule has 0 spiro atoms. The number of hydrogen-bond donors (Lipinski definition) is 3. The largest absolute Gasteiger partial charge is 0.398 e. The first kappa shape index (κ1) is 16.1. The molecule has 1 atom stereocenters. The third-order valence-corrected chi connectivity index (χ3v) is 5.39. The number of nitrogen functional groups attached to an aromatic ring is 2. The van der Waals surface area contributed by atoms with Crippen LogP contribution < -0.4 is 21.7 Å². The molecule has 0 radical (unpaired) electrons. The molecule has 1 aliphatic carbocycles. The van der Waals surface area contributed by atoms with Gasteiger partial charge in [-0.15, -0.1) is 0 Å². The van der Waals surface area contributed by atoms with Crippen molar-refractivity contribution >= 4 is 17.2 Å². The topological polar surface area (TPSA) is 93.1 Å². The van der Waals surface area contributed by atoms with Crippen molar-refractivity contribution in [1.29, 1.82) is 0 Å². The van der Waals surface area contributed by atoms with E-state index in [1.807, 2.05) is 25.2 Å². The van der Waals surface area contributed by atoms with Crippen molar-refractivity contribution in [2.45, 2.75) is 38.1 Å². The Morgan fingerprint density at radius 1 is 1.12 bits per heavy atom. The zero-order valence-electron chi connectivity index (χ0n) is 14.8. The molecule has 1 saturated heterocycles. The van der Waals surface area contributed by atoms with E-state index in [4.69, 9.17) is 21.4 Å². The SMILES string of the molecule is CNC1CCCN(c2nc(-c3c(N)cccc3N)nc3c2CCC3)C1. The number of rotatable bonds is 3. The summed E-state index contributed by atoms with van der Waals surface area (Å²) in [6, 6.07) is 6.10. The van der Waals surface area contributed by atoms with Crippen LogP contribution in [-0.4, -0.2) is 36.1 Å². The smallest absolute Gasteiger partial charge is 0.165 e. The van der Waals surface area contributed by atoms with Crippen LogP contribution in [-0.2, 0) is 12.8 Å². The lowest BCUT2D eigenvalue weighted by atomic mass is 10.0. The van der Waals surface area contributed by atoms with Crippen molar-refractivity contribution in [2.24, 2.45) is 0 Å². The van der Waals surface area contributed by atoms with Crippen molar-refractivity contribution in [3.8, 4) is 11.4 Å². The molecule has 2 aliphatic rings. The number of hydrogen-bond acceptors (Lipinski definition) is 6. The minimum absolute atomic E-state index is 0.510. The number of nitrogens with one attached hydrogen (secondary N) is 1. The Morgan fingerprint density at radius 2 is 1.92 bits per heavy atom. The molecule has 4 rings (SSSR count). The fourth-order valence-corrected chi connectivity index (χ4v) is 4.04. The predicted molar refractivity (Wildman–Crippen MR) is 103 cm³/mol. The highest BCUT2D eigenvalue weighted by Gasteiger charge is 2.27. The summed E-state index contributed by atoms with van der Waals surface area (Å²) in [5, 5.41) is 3.41. The van der Waals surface area contributed by atoms with Gasteiger partial charge in [0.05, 0.1) is 5.56 Å². The third kappa shape index (κ3) is 2.91. The van der Waals surface area contributed by atoms with E-state index in [0.717, 1.165) is 49.4 Å². The van der Waals surface area contributed by atoms with Crippen LogP contribution >= 0.6 is 0 Å². The Morgan fingerprint density at radius 3 is 2.68 bits per heavy atom. The van der Waals surface area contributed by atoms with E-state index in [0.29, 0.717) is 23.2 Å².